The summed E-state index contributed by atoms with van der Waals surface area (Å²) in [7, 11) is 0. The van der Waals surface area contributed by atoms with Crippen LogP contribution in [0.1, 0.15) is 47.6 Å². The van der Waals surface area contributed by atoms with Gasteiger partial charge in [0.15, 0.2) is 5.69 Å². The van der Waals surface area contributed by atoms with Crippen LogP contribution in [0.4, 0.5) is 0 Å². The van der Waals surface area contributed by atoms with Crippen molar-refractivity contribution in [2.75, 3.05) is 6.61 Å². The number of hydrogen-bond donors (Lipinski definition) is 0. The third-order valence-corrected chi connectivity index (χ3v) is 4.46. The topological polar surface area (TPSA) is 52.1 Å². The number of hydrogen-bond acceptors (Lipinski definition) is 4. The molecule has 24 heavy (non-hydrogen) atoms. The molecule has 0 aliphatic carbocycles. The van der Waals surface area contributed by atoms with Crippen molar-refractivity contribution in [1.29, 1.82) is 0 Å². The Morgan fingerprint density at radius 1 is 1.12 bits per heavy atom. The monoisotopic (exact) mass is 366 g/mol. The molecular formula is C18H20Cl2N2O2. The molecular weight excluding hydrogens is 347 g/mol. The summed E-state index contributed by atoms with van der Waals surface area (Å²) in [4.78, 5) is 20.4. The average Bonchev–Trinajstić information content (AvgIpc) is 2.58. The molecule has 0 N–H and O–H groups in total. The van der Waals surface area contributed by atoms with E-state index in [0.29, 0.717) is 28.8 Å². The summed E-state index contributed by atoms with van der Waals surface area (Å²) >= 11 is 12.0. The van der Waals surface area contributed by atoms with Gasteiger partial charge in [0, 0.05) is 11.3 Å². The van der Waals surface area contributed by atoms with Crippen LogP contribution in [0, 0.1) is 0 Å². The lowest BCUT2D eigenvalue weighted by Crippen LogP contribution is -2.13. The van der Waals surface area contributed by atoms with E-state index in [1.807, 2.05) is 19.1 Å². The lowest BCUT2D eigenvalue weighted by molar-refractivity contribution is 0.0517. The first-order valence-corrected chi connectivity index (χ1v) is 8.76. The minimum Gasteiger partial charge on any atom is -0.461 e. The van der Waals surface area contributed by atoms with Crippen LogP contribution in [0.5, 0.6) is 0 Å². The highest BCUT2D eigenvalue weighted by Crippen LogP contribution is 2.23. The molecule has 0 amide bonds. The quantitative estimate of drug-likeness (QED) is 0.666. The third kappa shape index (κ3) is 4.68. The van der Waals surface area contributed by atoms with Gasteiger partial charge in [0.05, 0.1) is 16.7 Å². The number of aryl methyl sites for hydroxylation is 2. The Bertz CT molecular complexity index is 720. The fourth-order valence-corrected chi connectivity index (χ4v) is 2.89. The lowest BCUT2D eigenvalue weighted by Gasteiger charge is -2.11. The fraction of sp³-hybridized carbons (Fsp3) is 0.389. The van der Waals surface area contributed by atoms with Gasteiger partial charge in [-0.2, -0.15) is 0 Å². The maximum atomic E-state index is 12.0. The standard InChI is InChI=1S/C18H20Cl2N2O2/c1-3-13-16(21-11-22-17(13)18(23)24-4-2)7-5-6-12-8-9-14(19)15(20)10-12/h8-11H,3-7H2,1-2H3. The first kappa shape index (κ1) is 18.7. The summed E-state index contributed by atoms with van der Waals surface area (Å²) in [6, 6.07) is 5.66. The van der Waals surface area contributed by atoms with Crippen LogP contribution in [0.25, 0.3) is 0 Å². The molecule has 0 radical (unpaired) electrons. The minimum absolute atomic E-state index is 0.332. The minimum atomic E-state index is -0.387. The van der Waals surface area contributed by atoms with Crippen LogP contribution >= 0.6 is 23.2 Å². The van der Waals surface area contributed by atoms with Gasteiger partial charge in [-0.25, -0.2) is 14.8 Å². The van der Waals surface area contributed by atoms with Crippen molar-refractivity contribution >= 4 is 29.2 Å². The number of nitrogens with zero attached hydrogens (tertiary/aromatic N) is 2. The molecule has 1 aromatic heterocycles. The Morgan fingerprint density at radius 3 is 2.58 bits per heavy atom. The van der Waals surface area contributed by atoms with Crippen LogP contribution in [0.2, 0.25) is 10.0 Å². The Morgan fingerprint density at radius 2 is 1.92 bits per heavy atom. The number of esters is 1. The van der Waals surface area contributed by atoms with Crippen molar-refractivity contribution < 1.29 is 9.53 Å². The fourth-order valence-electron chi connectivity index (χ4n) is 2.57. The Kier molecular flexibility index (Phi) is 7.00. The van der Waals surface area contributed by atoms with Crippen LogP contribution in [0.3, 0.4) is 0 Å². The van der Waals surface area contributed by atoms with Crippen molar-refractivity contribution in [3.63, 3.8) is 0 Å². The van der Waals surface area contributed by atoms with E-state index in [4.69, 9.17) is 27.9 Å². The zero-order valence-corrected chi connectivity index (χ0v) is 15.3. The van der Waals surface area contributed by atoms with Gasteiger partial charge in [-0.3, -0.25) is 0 Å². The molecule has 0 fully saturated rings. The van der Waals surface area contributed by atoms with Crippen molar-refractivity contribution in [1.82, 2.24) is 9.97 Å². The number of ether oxygens (including phenoxy) is 1. The van der Waals surface area contributed by atoms with Crippen molar-refractivity contribution in [3.05, 3.63) is 57.1 Å². The normalized spacial score (nSPS) is 10.7. The predicted molar refractivity (Wildman–Crippen MR) is 95.9 cm³/mol. The molecule has 0 saturated heterocycles. The predicted octanol–water partition coefficient (Wildman–Crippen LogP) is 4.70. The van der Waals surface area contributed by atoms with Gasteiger partial charge in [-0.1, -0.05) is 36.2 Å². The Balaban J connectivity index is 2.07. The maximum absolute atomic E-state index is 12.0. The SMILES string of the molecule is CCOC(=O)c1ncnc(CCCc2ccc(Cl)c(Cl)c2)c1CC. The molecule has 0 aliphatic heterocycles. The number of rotatable bonds is 7. The van der Waals surface area contributed by atoms with Gasteiger partial charge in [0.2, 0.25) is 0 Å². The summed E-state index contributed by atoms with van der Waals surface area (Å²) < 4.78 is 5.07. The highest BCUT2D eigenvalue weighted by atomic mass is 35.5. The summed E-state index contributed by atoms with van der Waals surface area (Å²) in [5.74, 6) is -0.387. The number of carbonyl (C=O) groups excluding carboxylic acids is 1. The van der Waals surface area contributed by atoms with Crippen LogP contribution in [-0.2, 0) is 24.0 Å². The van der Waals surface area contributed by atoms with Gasteiger partial charge in [0.25, 0.3) is 0 Å². The second kappa shape index (κ2) is 9.00. The molecule has 0 unspecified atom stereocenters. The lowest BCUT2D eigenvalue weighted by atomic mass is 10.0. The van der Waals surface area contributed by atoms with Crippen LogP contribution in [0.15, 0.2) is 24.5 Å². The van der Waals surface area contributed by atoms with Crippen LogP contribution < -0.4 is 0 Å². The summed E-state index contributed by atoms with van der Waals surface area (Å²) in [6.45, 7) is 4.10. The molecule has 0 bridgehead atoms. The highest BCUT2D eigenvalue weighted by molar-refractivity contribution is 6.42. The molecule has 0 aliphatic rings. The smallest absolute Gasteiger partial charge is 0.357 e. The maximum Gasteiger partial charge on any atom is 0.357 e. The van der Waals surface area contributed by atoms with Crippen molar-refractivity contribution in [2.45, 2.75) is 39.5 Å². The van der Waals surface area contributed by atoms with Crippen molar-refractivity contribution in [3.8, 4) is 0 Å². The van der Waals surface area contributed by atoms with E-state index in [0.717, 1.165) is 36.1 Å². The molecule has 1 heterocycles. The second-order valence-electron chi connectivity index (χ2n) is 5.32. The van der Waals surface area contributed by atoms with Gasteiger partial charge in [-0.05, 0) is 50.3 Å². The number of benzene rings is 1. The molecule has 6 heteroatoms. The largest absolute Gasteiger partial charge is 0.461 e. The zero-order chi connectivity index (χ0) is 17.5. The Hall–Kier alpha value is -1.65. The number of carbonyl (C=O) groups is 1. The van der Waals surface area contributed by atoms with Gasteiger partial charge >= 0.3 is 5.97 Å². The number of halogens is 2. The van der Waals surface area contributed by atoms with E-state index in [1.54, 1.807) is 13.0 Å². The number of aromatic nitrogens is 2. The van der Waals surface area contributed by atoms with E-state index in [2.05, 4.69) is 9.97 Å². The van der Waals surface area contributed by atoms with E-state index < -0.39 is 0 Å². The van der Waals surface area contributed by atoms with E-state index in [1.165, 1.54) is 6.33 Å². The Labute approximate surface area is 152 Å². The highest BCUT2D eigenvalue weighted by Gasteiger charge is 2.17. The van der Waals surface area contributed by atoms with Gasteiger partial charge < -0.3 is 4.74 Å². The van der Waals surface area contributed by atoms with E-state index >= 15 is 0 Å². The molecule has 2 aromatic rings. The molecule has 1 aromatic carbocycles. The molecule has 0 spiro atoms. The average molecular weight is 367 g/mol. The van der Waals surface area contributed by atoms with E-state index in [-0.39, 0.29) is 5.97 Å². The first-order valence-electron chi connectivity index (χ1n) is 8.00. The van der Waals surface area contributed by atoms with Crippen molar-refractivity contribution in [2.24, 2.45) is 0 Å². The molecule has 2 rings (SSSR count). The molecule has 128 valence electrons. The summed E-state index contributed by atoms with van der Waals surface area (Å²) in [5.41, 5.74) is 3.27. The molecule has 0 saturated carbocycles. The molecule has 0 atom stereocenters. The van der Waals surface area contributed by atoms with E-state index in [9.17, 15) is 4.79 Å². The van der Waals surface area contributed by atoms with Gasteiger partial charge in [-0.15, -0.1) is 0 Å². The second-order valence-corrected chi connectivity index (χ2v) is 6.14. The van der Waals surface area contributed by atoms with Crippen LogP contribution in [-0.4, -0.2) is 22.5 Å². The third-order valence-electron chi connectivity index (χ3n) is 3.72. The van der Waals surface area contributed by atoms with Gasteiger partial charge in [0.1, 0.15) is 6.33 Å². The summed E-state index contributed by atoms with van der Waals surface area (Å²) in [6.07, 6.45) is 4.64. The summed E-state index contributed by atoms with van der Waals surface area (Å²) in [5, 5.41) is 1.12. The first-order chi connectivity index (χ1) is 11.6. The zero-order valence-electron chi connectivity index (χ0n) is 13.8. The molecule has 4 nitrogen and oxygen atoms in total.